The lowest BCUT2D eigenvalue weighted by atomic mass is 10.0. The van der Waals surface area contributed by atoms with Crippen molar-refractivity contribution in [2.45, 2.75) is 20.8 Å². The largest absolute Gasteiger partial charge is 0.485 e. The van der Waals surface area contributed by atoms with Gasteiger partial charge in [0.1, 0.15) is 5.75 Å². The van der Waals surface area contributed by atoms with Crippen LogP contribution >= 0.6 is 0 Å². The minimum Gasteiger partial charge on any atom is -0.485 e. The van der Waals surface area contributed by atoms with E-state index in [1.165, 1.54) is 11.1 Å². The number of hydrogen-bond acceptors (Lipinski definition) is 2. The molecule has 2 nitrogen and oxygen atoms in total. The van der Waals surface area contributed by atoms with Gasteiger partial charge in [0.25, 0.3) is 0 Å². The van der Waals surface area contributed by atoms with Gasteiger partial charge >= 0.3 is 0 Å². The van der Waals surface area contributed by atoms with Crippen LogP contribution in [0.15, 0.2) is 42.5 Å². The molecule has 0 saturated heterocycles. The zero-order valence-electron chi connectivity index (χ0n) is 11.6. The van der Waals surface area contributed by atoms with E-state index in [0.717, 1.165) is 11.3 Å². The van der Waals surface area contributed by atoms with E-state index < -0.39 is 0 Å². The van der Waals surface area contributed by atoms with Crippen LogP contribution in [0.2, 0.25) is 0 Å². The smallest absolute Gasteiger partial charge is 0.200 e. The Kier molecular flexibility index (Phi) is 4.00. The maximum atomic E-state index is 12.0. The van der Waals surface area contributed by atoms with Crippen molar-refractivity contribution in [3.05, 3.63) is 64.7 Å². The van der Waals surface area contributed by atoms with E-state index in [9.17, 15) is 4.79 Å². The van der Waals surface area contributed by atoms with Gasteiger partial charge in [-0.3, -0.25) is 4.79 Å². The Bertz CT molecular complexity index is 583. The van der Waals surface area contributed by atoms with Crippen molar-refractivity contribution < 1.29 is 9.53 Å². The summed E-state index contributed by atoms with van der Waals surface area (Å²) in [5, 5.41) is 0. The Balaban J connectivity index is 2.01. The molecule has 0 radical (unpaired) electrons. The Morgan fingerprint density at radius 1 is 0.947 bits per heavy atom. The third-order valence-corrected chi connectivity index (χ3v) is 3.22. The molecule has 2 aromatic rings. The lowest BCUT2D eigenvalue weighted by Crippen LogP contribution is -2.11. The van der Waals surface area contributed by atoms with Gasteiger partial charge in [-0.2, -0.15) is 0 Å². The number of ketones is 1. The van der Waals surface area contributed by atoms with Crippen LogP contribution in [0.4, 0.5) is 0 Å². The molecule has 2 rings (SSSR count). The third kappa shape index (κ3) is 3.44. The highest BCUT2D eigenvalue weighted by Crippen LogP contribution is 2.13. The SMILES string of the molecule is Cc1ccc(OCC(=O)c2ccc(C)c(C)c2)cc1. The van der Waals surface area contributed by atoms with E-state index >= 15 is 0 Å². The van der Waals surface area contributed by atoms with Crippen LogP contribution in [0.25, 0.3) is 0 Å². The van der Waals surface area contributed by atoms with E-state index in [-0.39, 0.29) is 12.4 Å². The lowest BCUT2D eigenvalue weighted by Gasteiger charge is -2.07. The van der Waals surface area contributed by atoms with Crippen molar-refractivity contribution in [2.75, 3.05) is 6.61 Å². The van der Waals surface area contributed by atoms with Crippen LogP contribution in [0.3, 0.4) is 0 Å². The average Bonchev–Trinajstić information content (AvgIpc) is 2.41. The molecule has 0 spiro atoms. The maximum Gasteiger partial charge on any atom is 0.200 e. The van der Waals surface area contributed by atoms with E-state index in [1.807, 2.05) is 63.2 Å². The zero-order valence-corrected chi connectivity index (χ0v) is 11.6. The number of carbonyl (C=O) groups is 1. The van der Waals surface area contributed by atoms with Crippen LogP contribution in [-0.2, 0) is 0 Å². The van der Waals surface area contributed by atoms with Crippen molar-refractivity contribution in [3.8, 4) is 5.75 Å². The summed E-state index contributed by atoms with van der Waals surface area (Å²) in [6, 6.07) is 13.4. The summed E-state index contributed by atoms with van der Waals surface area (Å²) in [5.41, 5.74) is 4.19. The quantitative estimate of drug-likeness (QED) is 0.774. The molecule has 0 amide bonds. The van der Waals surface area contributed by atoms with Crippen molar-refractivity contribution in [1.29, 1.82) is 0 Å². The summed E-state index contributed by atoms with van der Waals surface area (Å²) in [6.45, 7) is 6.13. The minimum absolute atomic E-state index is 0.00340. The molecule has 0 aliphatic rings. The molecular formula is C17H18O2. The van der Waals surface area contributed by atoms with Crippen LogP contribution < -0.4 is 4.74 Å². The fraction of sp³-hybridized carbons (Fsp3) is 0.235. The summed E-state index contributed by atoms with van der Waals surface area (Å²) in [5.74, 6) is 0.728. The highest BCUT2D eigenvalue weighted by molar-refractivity contribution is 5.97. The summed E-state index contributed by atoms with van der Waals surface area (Å²) in [4.78, 5) is 12.0. The topological polar surface area (TPSA) is 26.3 Å². The second kappa shape index (κ2) is 5.70. The van der Waals surface area contributed by atoms with E-state index in [1.54, 1.807) is 0 Å². The highest BCUT2D eigenvalue weighted by Gasteiger charge is 2.07. The normalized spacial score (nSPS) is 10.3. The van der Waals surface area contributed by atoms with Crippen molar-refractivity contribution in [1.82, 2.24) is 0 Å². The number of carbonyl (C=O) groups excluding carboxylic acids is 1. The predicted molar refractivity (Wildman–Crippen MR) is 76.9 cm³/mol. The second-order valence-electron chi connectivity index (χ2n) is 4.82. The monoisotopic (exact) mass is 254 g/mol. The van der Waals surface area contributed by atoms with Gasteiger partial charge in [0.15, 0.2) is 12.4 Å². The molecule has 0 aliphatic heterocycles. The van der Waals surface area contributed by atoms with E-state index in [0.29, 0.717) is 5.56 Å². The van der Waals surface area contributed by atoms with Crippen LogP contribution in [0.1, 0.15) is 27.0 Å². The molecule has 0 N–H and O–H groups in total. The summed E-state index contributed by atoms with van der Waals surface area (Å²) in [6.07, 6.45) is 0. The molecule has 0 saturated carbocycles. The van der Waals surface area contributed by atoms with Crippen LogP contribution in [-0.4, -0.2) is 12.4 Å². The summed E-state index contributed by atoms with van der Waals surface area (Å²) < 4.78 is 5.50. The number of rotatable bonds is 4. The molecule has 0 fully saturated rings. The first-order chi connectivity index (χ1) is 9.06. The molecule has 0 heterocycles. The van der Waals surface area contributed by atoms with Gasteiger partial charge in [-0.15, -0.1) is 0 Å². The highest BCUT2D eigenvalue weighted by atomic mass is 16.5. The number of aryl methyl sites for hydroxylation is 3. The average molecular weight is 254 g/mol. The van der Waals surface area contributed by atoms with Crippen molar-refractivity contribution in [3.63, 3.8) is 0 Å². The van der Waals surface area contributed by atoms with Gasteiger partial charge < -0.3 is 4.74 Å². The Labute approximate surface area is 114 Å². The summed E-state index contributed by atoms with van der Waals surface area (Å²) >= 11 is 0. The minimum atomic E-state index is 0.00340. The number of Topliss-reactive ketones (excluding diaryl/α,β-unsaturated/α-hetero) is 1. The molecule has 0 unspecified atom stereocenters. The van der Waals surface area contributed by atoms with Crippen LogP contribution in [0, 0.1) is 20.8 Å². The molecule has 0 bridgehead atoms. The molecule has 0 atom stereocenters. The van der Waals surface area contributed by atoms with Gasteiger partial charge in [0.05, 0.1) is 0 Å². The molecule has 98 valence electrons. The first-order valence-electron chi connectivity index (χ1n) is 6.36. The Morgan fingerprint density at radius 2 is 1.63 bits per heavy atom. The fourth-order valence-electron chi connectivity index (χ4n) is 1.78. The molecule has 19 heavy (non-hydrogen) atoms. The standard InChI is InChI=1S/C17H18O2/c1-12-4-8-16(9-5-12)19-11-17(18)15-7-6-13(2)14(3)10-15/h4-10H,11H2,1-3H3. The van der Waals surface area contributed by atoms with Gasteiger partial charge in [0.2, 0.25) is 0 Å². The zero-order chi connectivity index (χ0) is 13.8. The maximum absolute atomic E-state index is 12.0. The lowest BCUT2D eigenvalue weighted by molar-refractivity contribution is 0.0921. The first-order valence-corrected chi connectivity index (χ1v) is 6.36. The number of benzene rings is 2. The summed E-state index contributed by atoms with van der Waals surface area (Å²) in [7, 11) is 0. The van der Waals surface area contributed by atoms with Gasteiger partial charge in [-0.1, -0.05) is 29.8 Å². The van der Waals surface area contributed by atoms with Gasteiger partial charge in [-0.05, 0) is 50.1 Å². The van der Waals surface area contributed by atoms with E-state index in [4.69, 9.17) is 4.74 Å². The predicted octanol–water partition coefficient (Wildman–Crippen LogP) is 3.87. The Hall–Kier alpha value is -2.09. The second-order valence-corrected chi connectivity index (χ2v) is 4.82. The molecular weight excluding hydrogens is 236 g/mol. The molecule has 2 heteroatoms. The third-order valence-electron chi connectivity index (χ3n) is 3.22. The molecule has 0 aromatic heterocycles. The number of ether oxygens (including phenoxy) is 1. The van der Waals surface area contributed by atoms with Gasteiger partial charge in [0, 0.05) is 5.56 Å². The fourth-order valence-corrected chi connectivity index (χ4v) is 1.78. The van der Waals surface area contributed by atoms with Gasteiger partial charge in [-0.25, -0.2) is 0 Å². The van der Waals surface area contributed by atoms with Crippen molar-refractivity contribution in [2.24, 2.45) is 0 Å². The first kappa shape index (κ1) is 13.3. The Morgan fingerprint density at radius 3 is 2.26 bits per heavy atom. The molecule has 2 aromatic carbocycles. The van der Waals surface area contributed by atoms with E-state index in [2.05, 4.69) is 0 Å². The molecule has 0 aliphatic carbocycles. The van der Waals surface area contributed by atoms with Crippen LogP contribution in [0.5, 0.6) is 5.75 Å². The van der Waals surface area contributed by atoms with Crippen molar-refractivity contribution >= 4 is 5.78 Å². The number of hydrogen-bond donors (Lipinski definition) is 0.